The first-order valence-electron chi connectivity index (χ1n) is 6.13. The standard InChI is InChI=1S/C15H16N2O2/c1-11(15(18)19)17-14(12-7-3-2-4-8-12)13-9-5-6-10-16-13/h2-11,14,17H,1H3,(H,18,19). The molecule has 0 fully saturated rings. The number of hydrogen-bond donors (Lipinski definition) is 2. The van der Waals surface area contributed by atoms with Crippen LogP contribution in [0.25, 0.3) is 0 Å². The third kappa shape index (κ3) is 3.39. The Hall–Kier alpha value is -2.20. The van der Waals surface area contributed by atoms with Gasteiger partial charge < -0.3 is 5.11 Å². The highest BCUT2D eigenvalue weighted by Gasteiger charge is 2.20. The monoisotopic (exact) mass is 256 g/mol. The van der Waals surface area contributed by atoms with Crippen LogP contribution in [-0.4, -0.2) is 22.1 Å². The fraction of sp³-hybridized carbons (Fsp3) is 0.200. The van der Waals surface area contributed by atoms with Crippen LogP contribution in [0.3, 0.4) is 0 Å². The second kappa shape index (κ2) is 6.11. The molecule has 0 spiro atoms. The van der Waals surface area contributed by atoms with Gasteiger partial charge in [0.05, 0.1) is 11.7 Å². The van der Waals surface area contributed by atoms with Gasteiger partial charge in [-0.3, -0.25) is 15.1 Å². The average molecular weight is 256 g/mol. The van der Waals surface area contributed by atoms with E-state index in [-0.39, 0.29) is 6.04 Å². The highest BCUT2D eigenvalue weighted by atomic mass is 16.4. The molecule has 2 N–H and O–H groups in total. The zero-order valence-corrected chi connectivity index (χ0v) is 10.7. The van der Waals surface area contributed by atoms with Crippen molar-refractivity contribution >= 4 is 5.97 Å². The minimum absolute atomic E-state index is 0.228. The smallest absolute Gasteiger partial charge is 0.320 e. The number of carboxylic acid groups (broad SMARTS) is 1. The van der Waals surface area contributed by atoms with Gasteiger partial charge in [-0.1, -0.05) is 36.4 Å². The largest absolute Gasteiger partial charge is 0.480 e. The maximum absolute atomic E-state index is 11.0. The number of nitrogens with one attached hydrogen (secondary N) is 1. The van der Waals surface area contributed by atoms with E-state index in [1.165, 1.54) is 0 Å². The first-order chi connectivity index (χ1) is 9.18. The number of carboxylic acids is 1. The molecule has 0 bridgehead atoms. The summed E-state index contributed by atoms with van der Waals surface area (Å²) in [5, 5.41) is 12.1. The molecule has 2 atom stereocenters. The Bertz CT molecular complexity index is 489. The fourth-order valence-electron chi connectivity index (χ4n) is 1.87. The van der Waals surface area contributed by atoms with Crippen molar-refractivity contribution in [3.8, 4) is 0 Å². The van der Waals surface area contributed by atoms with Crippen LogP contribution in [0.15, 0.2) is 54.7 Å². The molecule has 2 rings (SSSR count). The van der Waals surface area contributed by atoms with Crippen molar-refractivity contribution in [2.75, 3.05) is 0 Å². The number of aliphatic carboxylic acids is 1. The number of nitrogens with zero attached hydrogens (tertiary/aromatic N) is 1. The van der Waals surface area contributed by atoms with Crippen molar-refractivity contribution in [2.24, 2.45) is 0 Å². The van der Waals surface area contributed by atoms with Crippen molar-refractivity contribution < 1.29 is 9.90 Å². The Kier molecular flexibility index (Phi) is 4.26. The van der Waals surface area contributed by atoms with Crippen molar-refractivity contribution in [2.45, 2.75) is 19.0 Å². The van der Waals surface area contributed by atoms with E-state index in [0.717, 1.165) is 11.3 Å². The molecule has 1 aromatic carbocycles. The highest BCUT2D eigenvalue weighted by Crippen LogP contribution is 2.20. The quantitative estimate of drug-likeness (QED) is 0.861. The van der Waals surface area contributed by atoms with Gasteiger partial charge in [0.2, 0.25) is 0 Å². The third-order valence-electron chi connectivity index (χ3n) is 2.90. The second-order valence-corrected chi connectivity index (χ2v) is 4.32. The molecule has 0 aliphatic carbocycles. The number of hydrogen-bond acceptors (Lipinski definition) is 3. The predicted molar refractivity (Wildman–Crippen MR) is 72.8 cm³/mol. The van der Waals surface area contributed by atoms with E-state index in [1.54, 1.807) is 13.1 Å². The summed E-state index contributed by atoms with van der Waals surface area (Å²) in [6, 6.07) is 14.5. The molecule has 0 aliphatic heterocycles. The molecule has 19 heavy (non-hydrogen) atoms. The zero-order chi connectivity index (χ0) is 13.7. The summed E-state index contributed by atoms with van der Waals surface area (Å²) in [5.74, 6) is -0.878. The van der Waals surface area contributed by atoms with Gasteiger partial charge in [-0.15, -0.1) is 0 Å². The minimum Gasteiger partial charge on any atom is -0.480 e. The number of benzene rings is 1. The lowest BCUT2D eigenvalue weighted by Crippen LogP contribution is -2.37. The van der Waals surface area contributed by atoms with Gasteiger partial charge in [-0.25, -0.2) is 0 Å². The zero-order valence-electron chi connectivity index (χ0n) is 10.7. The molecular formula is C15H16N2O2. The fourth-order valence-corrected chi connectivity index (χ4v) is 1.87. The topological polar surface area (TPSA) is 62.2 Å². The Morgan fingerprint density at radius 1 is 1.16 bits per heavy atom. The van der Waals surface area contributed by atoms with Crippen LogP contribution in [0.5, 0.6) is 0 Å². The molecule has 0 amide bonds. The van der Waals surface area contributed by atoms with Crippen LogP contribution in [0.2, 0.25) is 0 Å². The van der Waals surface area contributed by atoms with Crippen LogP contribution in [0.4, 0.5) is 0 Å². The molecule has 0 saturated heterocycles. The van der Waals surface area contributed by atoms with E-state index in [0.29, 0.717) is 0 Å². The summed E-state index contributed by atoms with van der Waals surface area (Å²) in [6.45, 7) is 1.63. The van der Waals surface area contributed by atoms with Gasteiger partial charge >= 0.3 is 5.97 Å². The van der Waals surface area contributed by atoms with Gasteiger partial charge in [0.1, 0.15) is 6.04 Å². The van der Waals surface area contributed by atoms with Crippen LogP contribution >= 0.6 is 0 Å². The summed E-state index contributed by atoms with van der Waals surface area (Å²) in [5.41, 5.74) is 1.80. The summed E-state index contributed by atoms with van der Waals surface area (Å²) in [7, 11) is 0. The van der Waals surface area contributed by atoms with Crippen LogP contribution in [0.1, 0.15) is 24.2 Å². The van der Waals surface area contributed by atoms with Crippen LogP contribution in [0, 0.1) is 0 Å². The Balaban J connectivity index is 2.32. The van der Waals surface area contributed by atoms with Crippen LogP contribution in [-0.2, 0) is 4.79 Å². The number of pyridine rings is 1. The van der Waals surface area contributed by atoms with Crippen molar-refractivity contribution in [3.63, 3.8) is 0 Å². The van der Waals surface area contributed by atoms with Crippen molar-refractivity contribution in [1.29, 1.82) is 0 Å². The molecule has 2 aromatic rings. The van der Waals surface area contributed by atoms with Gasteiger partial charge in [0, 0.05) is 6.20 Å². The normalized spacial score (nSPS) is 13.7. The van der Waals surface area contributed by atoms with E-state index in [4.69, 9.17) is 5.11 Å². The number of rotatable bonds is 5. The first-order valence-corrected chi connectivity index (χ1v) is 6.13. The van der Waals surface area contributed by atoms with Crippen molar-refractivity contribution in [1.82, 2.24) is 10.3 Å². The van der Waals surface area contributed by atoms with Crippen LogP contribution < -0.4 is 5.32 Å². The van der Waals surface area contributed by atoms with E-state index >= 15 is 0 Å². The van der Waals surface area contributed by atoms with Gasteiger partial charge in [0.25, 0.3) is 0 Å². The summed E-state index contributed by atoms with van der Waals surface area (Å²) in [6.07, 6.45) is 1.71. The lowest BCUT2D eigenvalue weighted by molar-refractivity contribution is -0.139. The van der Waals surface area contributed by atoms with Gasteiger partial charge in [-0.05, 0) is 24.6 Å². The molecule has 1 aromatic heterocycles. The first kappa shape index (κ1) is 13.2. The molecule has 0 aliphatic rings. The SMILES string of the molecule is CC(NC(c1ccccc1)c1ccccn1)C(=O)O. The summed E-state index contributed by atoms with van der Waals surface area (Å²) < 4.78 is 0. The lowest BCUT2D eigenvalue weighted by atomic mass is 10.0. The predicted octanol–water partition coefficient (Wildman–Crippen LogP) is 2.23. The third-order valence-corrected chi connectivity index (χ3v) is 2.90. The Morgan fingerprint density at radius 2 is 1.84 bits per heavy atom. The maximum Gasteiger partial charge on any atom is 0.320 e. The second-order valence-electron chi connectivity index (χ2n) is 4.32. The molecule has 4 heteroatoms. The average Bonchev–Trinajstić information content (AvgIpc) is 2.46. The van der Waals surface area contributed by atoms with E-state index in [2.05, 4.69) is 10.3 Å². The molecule has 4 nitrogen and oxygen atoms in total. The molecular weight excluding hydrogens is 240 g/mol. The highest BCUT2D eigenvalue weighted by molar-refractivity contribution is 5.73. The molecule has 98 valence electrons. The summed E-state index contributed by atoms with van der Waals surface area (Å²) in [4.78, 5) is 15.3. The molecule has 0 saturated carbocycles. The van der Waals surface area contributed by atoms with E-state index in [1.807, 2.05) is 48.5 Å². The lowest BCUT2D eigenvalue weighted by Gasteiger charge is -2.21. The van der Waals surface area contributed by atoms with Crippen molar-refractivity contribution in [3.05, 3.63) is 66.0 Å². The van der Waals surface area contributed by atoms with Gasteiger partial charge in [0.15, 0.2) is 0 Å². The Morgan fingerprint density at radius 3 is 2.42 bits per heavy atom. The minimum atomic E-state index is -0.878. The number of carbonyl (C=O) groups is 1. The Labute approximate surface area is 112 Å². The van der Waals surface area contributed by atoms with E-state index < -0.39 is 12.0 Å². The van der Waals surface area contributed by atoms with Gasteiger partial charge in [-0.2, -0.15) is 0 Å². The summed E-state index contributed by atoms with van der Waals surface area (Å²) >= 11 is 0. The molecule has 1 heterocycles. The molecule has 2 unspecified atom stereocenters. The number of aromatic nitrogens is 1. The molecule has 0 radical (unpaired) electrons. The maximum atomic E-state index is 11.0. The van der Waals surface area contributed by atoms with E-state index in [9.17, 15) is 4.79 Å².